The quantitative estimate of drug-likeness (QED) is 0.700. The van der Waals surface area contributed by atoms with Crippen LogP contribution in [0.1, 0.15) is 23.2 Å². The third-order valence-electron chi connectivity index (χ3n) is 2.92. The maximum absolute atomic E-state index is 12.0. The molecule has 2 rings (SSSR count). The highest BCUT2D eigenvalue weighted by molar-refractivity contribution is 5.93. The van der Waals surface area contributed by atoms with Crippen molar-refractivity contribution in [2.45, 2.75) is 12.8 Å². The molecule has 0 N–H and O–H groups in total. The Labute approximate surface area is 94.3 Å². The van der Waals surface area contributed by atoms with Gasteiger partial charge in [0.25, 0.3) is 5.91 Å². The molecule has 0 radical (unpaired) electrons. The van der Waals surface area contributed by atoms with Gasteiger partial charge in [0.1, 0.15) is 0 Å². The van der Waals surface area contributed by atoms with E-state index < -0.39 is 0 Å². The Bertz CT molecular complexity index is 423. The fraction of sp³-hybridized carbons (Fsp3) is 0.545. The Morgan fingerprint density at radius 1 is 1.56 bits per heavy atom. The first kappa shape index (κ1) is 10.7. The Kier molecular flexibility index (Phi) is 2.91. The minimum absolute atomic E-state index is 0.0180. The van der Waals surface area contributed by atoms with Crippen LogP contribution in [0.4, 0.5) is 0 Å². The van der Waals surface area contributed by atoms with Crippen molar-refractivity contribution in [1.82, 2.24) is 14.7 Å². The topological polar surface area (TPSA) is 61.9 Å². The average molecular weight is 218 g/mol. The van der Waals surface area contributed by atoms with E-state index in [1.165, 1.54) is 0 Å². The Morgan fingerprint density at radius 2 is 2.25 bits per heavy atom. The molecule has 2 heterocycles. The highest BCUT2D eigenvalue weighted by Gasteiger charge is 2.23. The summed E-state index contributed by atoms with van der Waals surface area (Å²) < 4.78 is 1.62. The van der Waals surface area contributed by atoms with Crippen LogP contribution in [0.5, 0.6) is 0 Å². The first-order chi connectivity index (χ1) is 7.70. The van der Waals surface area contributed by atoms with Crippen LogP contribution in [0.2, 0.25) is 0 Å². The van der Waals surface area contributed by atoms with Crippen molar-refractivity contribution in [2.75, 3.05) is 13.1 Å². The van der Waals surface area contributed by atoms with Gasteiger partial charge in [0.2, 0.25) is 0 Å². The zero-order valence-electron chi connectivity index (χ0n) is 9.26. The van der Waals surface area contributed by atoms with E-state index in [2.05, 4.69) is 11.2 Å². The predicted octanol–water partition coefficient (Wildman–Crippen LogP) is 0.796. The van der Waals surface area contributed by atoms with Gasteiger partial charge in [-0.3, -0.25) is 9.48 Å². The number of rotatable bonds is 1. The fourth-order valence-electron chi connectivity index (χ4n) is 1.93. The number of carbonyl (C=O) groups is 1. The summed E-state index contributed by atoms with van der Waals surface area (Å²) in [6.07, 6.45) is 4.86. The lowest BCUT2D eigenvalue weighted by molar-refractivity contribution is 0.0707. The van der Waals surface area contributed by atoms with Crippen molar-refractivity contribution in [2.24, 2.45) is 13.0 Å². The SMILES string of the molecule is Cn1cc(C(=O)N2CCC(C#N)CC2)cn1. The van der Waals surface area contributed by atoms with E-state index in [4.69, 9.17) is 5.26 Å². The van der Waals surface area contributed by atoms with Gasteiger partial charge in [0.05, 0.1) is 17.8 Å². The minimum atomic E-state index is 0.0180. The number of nitrogens with zero attached hydrogens (tertiary/aromatic N) is 4. The second-order valence-electron chi connectivity index (χ2n) is 4.10. The molecule has 1 fully saturated rings. The lowest BCUT2D eigenvalue weighted by atomic mass is 9.98. The van der Waals surface area contributed by atoms with Gasteiger partial charge in [0.15, 0.2) is 0 Å². The second-order valence-corrected chi connectivity index (χ2v) is 4.10. The van der Waals surface area contributed by atoms with Gasteiger partial charge in [-0.2, -0.15) is 10.4 Å². The molecule has 1 aliphatic heterocycles. The van der Waals surface area contributed by atoms with Gasteiger partial charge >= 0.3 is 0 Å². The normalized spacial score (nSPS) is 17.1. The van der Waals surface area contributed by atoms with E-state index >= 15 is 0 Å². The molecule has 1 aromatic rings. The number of piperidine rings is 1. The third-order valence-corrected chi connectivity index (χ3v) is 2.92. The molecule has 5 heteroatoms. The summed E-state index contributed by atoms with van der Waals surface area (Å²) in [4.78, 5) is 13.8. The largest absolute Gasteiger partial charge is 0.338 e. The van der Waals surface area contributed by atoms with Crippen molar-refractivity contribution in [1.29, 1.82) is 5.26 Å². The van der Waals surface area contributed by atoms with Gasteiger partial charge in [0, 0.05) is 32.3 Å². The molecule has 0 unspecified atom stereocenters. The van der Waals surface area contributed by atoms with Crippen LogP contribution in [0.15, 0.2) is 12.4 Å². The zero-order chi connectivity index (χ0) is 11.5. The molecule has 16 heavy (non-hydrogen) atoms. The van der Waals surface area contributed by atoms with Crippen molar-refractivity contribution in [3.05, 3.63) is 18.0 Å². The summed E-state index contributed by atoms with van der Waals surface area (Å²) >= 11 is 0. The number of amides is 1. The monoisotopic (exact) mass is 218 g/mol. The molecule has 0 atom stereocenters. The molecule has 0 bridgehead atoms. The van der Waals surface area contributed by atoms with E-state index in [1.807, 2.05) is 0 Å². The predicted molar refractivity (Wildman–Crippen MR) is 57.4 cm³/mol. The summed E-state index contributed by atoms with van der Waals surface area (Å²) in [5, 5.41) is 12.7. The van der Waals surface area contributed by atoms with E-state index in [9.17, 15) is 4.79 Å². The fourth-order valence-corrected chi connectivity index (χ4v) is 1.93. The molecule has 0 aromatic carbocycles. The summed E-state index contributed by atoms with van der Waals surface area (Å²) in [5.74, 6) is 0.127. The molecule has 1 amide bonds. The van der Waals surface area contributed by atoms with Crippen LogP contribution in [-0.2, 0) is 7.05 Å². The summed E-state index contributed by atoms with van der Waals surface area (Å²) in [6.45, 7) is 1.35. The lowest BCUT2D eigenvalue weighted by Crippen LogP contribution is -2.38. The van der Waals surface area contributed by atoms with E-state index in [1.54, 1.807) is 29.0 Å². The van der Waals surface area contributed by atoms with E-state index in [-0.39, 0.29) is 11.8 Å². The van der Waals surface area contributed by atoms with Crippen molar-refractivity contribution < 1.29 is 4.79 Å². The molecule has 84 valence electrons. The maximum atomic E-state index is 12.0. The van der Waals surface area contributed by atoms with Gasteiger partial charge in [-0.05, 0) is 12.8 Å². The first-order valence-electron chi connectivity index (χ1n) is 5.38. The molecule has 1 aromatic heterocycles. The Balaban J connectivity index is 2.00. The smallest absolute Gasteiger partial charge is 0.257 e. The Hall–Kier alpha value is -1.83. The van der Waals surface area contributed by atoms with Crippen LogP contribution < -0.4 is 0 Å². The number of carbonyl (C=O) groups excluding carboxylic acids is 1. The van der Waals surface area contributed by atoms with Gasteiger partial charge < -0.3 is 4.90 Å². The van der Waals surface area contributed by atoms with Crippen molar-refractivity contribution >= 4 is 5.91 Å². The summed E-state index contributed by atoms with van der Waals surface area (Å²) in [5.41, 5.74) is 0.623. The molecule has 0 saturated carbocycles. The molecule has 5 nitrogen and oxygen atoms in total. The van der Waals surface area contributed by atoms with Gasteiger partial charge in [-0.15, -0.1) is 0 Å². The van der Waals surface area contributed by atoms with Crippen LogP contribution in [0.3, 0.4) is 0 Å². The second kappa shape index (κ2) is 4.35. The van der Waals surface area contributed by atoms with Crippen LogP contribution in [-0.4, -0.2) is 33.7 Å². The van der Waals surface area contributed by atoms with Gasteiger partial charge in [-0.25, -0.2) is 0 Å². The minimum Gasteiger partial charge on any atom is -0.338 e. The summed E-state index contributed by atoms with van der Waals surface area (Å²) in [6, 6.07) is 2.25. The standard InChI is InChI=1S/C11H14N4O/c1-14-8-10(7-13-14)11(16)15-4-2-9(6-12)3-5-15/h7-9H,2-5H2,1H3. The molecular weight excluding hydrogens is 204 g/mol. The number of hydrogen-bond donors (Lipinski definition) is 0. The summed E-state index contributed by atoms with van der Waals surface area (Å²) in [7, 11) is 1.79. The van der Waals surface area contributed by atoms with Crippen LogP contribution >= 0.6 is 0 Å². The van der Waals surface area contributed by atoms with Crippen LogP contribution in [0.25, 0.3) is 0 Å². The van der Waals surface area contributed by atoms with Crippen molar-refractivity contribution in [3.8, 4) is 6.07 Å². The van der Waals surface area contributed by atoms with E-state index in [0.717, 1.165) is 12.8 Å². The first-order valence-corrected chi connectivity index (χ1v) is 5.38. The van der Waals surface area contributed by atoms with Crippen LogP contribution in [0, 0.1) is 17.2 Å². The molecule has 1 aliphatic rings. The molecule has 1 saturated heterocycles. The Morgan fingerprint density at radius 3 is 2.75 bits per heavy atom. The molecule has 0 aliphatic carbocycles. The highest BCUT2D eigenvalue weighted by Crippen LogP contribution is 2.17. The zero-order valence-corrected chi connectivity index (χ0v) is 9.26. The highest BCUT2D eigenvalue weighted by atomic mass is 16.2. The lowest BCUT2D eigenvalue weighted by Gasteiger charge is -2.28. The van der Waals surface area contributed by atoms with Gasteiger partial charge in [-0.1, -0.05) is 0 Å². The number of hydrogen-bond acceptors (Lipinski definition) is 3. The number of likely N-dealkylation sites (tertiary alicyclic amines) is 1. The number of nitriles is 1. The maximum Gasteiger partial charge on any atom is 0.257 e. The average Bonchev–Trinajstić information content (AvgIpc) is 2.75. The number of aromatic nitrogens is 2. The molecular formula is C11H14N4O. The third kappa shape index (κ3) is 2.06. The van der Waals surface area contributed by atoms with E-state index in [0.29, 0.717) is 18.7 Å². The van der Waals surface area contributed by atoms with Crippen molar-refractivity contribution in [3.63, 3.8) is 0 Å². The number of aryl methyl sites for hydroxylation is 1. The molecule has 0 spiro atoms.